The average molecular weight is 346 g/mol. The van der Waals surface area contributed by atoms with Crippen LogP contribution in [-0.4, -0.2) is 27.0 Å². The Kier molecular flexibility index (Phi) is 3.00. The van der Waals surface area contributed by atoms with Gasteiger partial charge in [-0.3, -0.25) is 4.79 Å². The van der Waals surface area contributed by atoms with Crippen LogP contribution >= 0.6 is 0 Å². The average Bonchev–Trinajstić information content (AvgIpc) is 3.19. The predicted molar refractivity (Wildman–Crippen MR) is 99.7 cm³/mol. The normalized spacial score (nSPS) is 19.0. The molecule has 132 valence electrons. The third-order valence-corrected chi connectivity index (χ3v) is 5.57. The maximum absolute atomic E-state index is 12.7. The summed E-state index contributed by atoms with van der Waals surface area (Å²) in [5.41, 5.74) is 12.6. The van der Waals surface area contributed by atoms with Crippen molar-refractivity contribution in [2.45, 2.75) is 57.0 Å². The largest absolute Gasteiger partial charge is 0.357 e. The minimum Gasteiger partial charge on any atom is -0.357 e. The second-order valence-electron chi connectivity index (χ2n) is 8.44. The summed E-state index contributed by atoms with van der Waals surface area (Å²) in [4.78, 5) is 20.7. The van der Waals surface area contributed by atoms with Crippen molar-refractivity contribution in [1.29, 1.82) is 0 Å². The zero-order valence-corrected chi connectivity index (χ0v) is 15.1. The molecule has 1 saturated carbocycles. The first-order valence-corrected chi connectivity index (χ1v) is 9.21. The highest BCUT2D eigenvalue weighted by Gasteiger charge is 2.49. The number of carbonyl (C=O) groups excluding carboxylic acids is 1. The SMILES string of the molecule is CC(C)(N)C#Cc1cc2c(cn1)CCc1c-2[nH]c2c1C(=O)NC1(CC1)C2. The Morgan fingerprint density at radius 1 is 1.31 bits per heavy atom. The smallest absolute Gasteiger partial charge is 0.253 e. The molecule has 1 aliphatic heterocycles. The van der Waals surface area contributed by atoms with Crippen molar-refractivity contribution in [2.24, 2.45) is 5.73 Å². The molecule has 2 aliphatic carbocycles. The maximum atomic E-state index is 12.7. The quantitative estimate of drug-likeness (QED) is 0.639. The Bertz CT molecular complexity index is 1010. The molecule has 3 heterocycles. The number of aromatic nitrogens is 2. The van der Waals surface area contributed by atoms with Crippen LogP contribution < -0.4 is 11.1 Å². The lowest BCUT2D eigenvalue weighted by Gasteiger charge is -2.24. The number of hydrogen-bond acceptors (Lipinski definition) is 3. The third-order valence-electron chi connectivity index (χ3n) is 5.57. The number of fused-ring (bicyclic) bond motifs is 5. The molecule has 0 bridgehead atoms. The molecule has 0 atom stereocenters. The number of nitrogens with zero attached hydrogens (tertiary/aromatic N) is 1. The van der Waals surface area contributed by atoms with Crippen molar-refractivity contribution < 1.29 is 4.79 Å². The van der Waals surface area contributed by atoms with Crippen molar-refractivity contribution in [3.8, 4) is 23.1 Å². The first-order valence-electron chi connectivity index (χ1n) is 9.21. The lowest BCUT2D eigenvalue weighted by Crippen LogP contribution is -2.43. The summed E-state index contributed by atoms with van der Waals surface area (Å²) in [7, 11) is 0. The molecule has 0 aromatic carbocycles. The van der Waals surface area contributed by atoms with E-state index >= 15 is 0 Å². The Labute approximate surface area is 152 Å². The lowest BCUT2D eigenvalue weighted by molar-refractivity contribution is 0.0917. The van der Waals surface area contributed by atoms with Gasteiger partial charge in [-0.05, 0) is 62.6 Å². The summed E-state index contributed by atoms with van der Waals surface area (Å²) in [5, 5.41) is 3.22. The van der Waals surface area contributed by atoms with E-state index in [1.54, 1.807) is 0 Å². The van der Waals surface area contributed by atoms with Crippen LogP contribution in [0.3, 0.4) is 0 Å². The zero-order valence-electron chi connectivity index (χ0n) is 15.1. The fourth-order valence-electron chi connectivity index (χ4n) is 4.09. The molecule has 2 aromatic heterocycles. The molecule has 2 aromatic rings. The molecule has 5 nitrogen and oxygen atoms in total. The number of nitrogens with one attached hydrogen (secondary N) is 2. The van der Waals surface area contributed by atoms with E-state index in [0.29, 0.717) is 5.69 Å². The molecule has 1 fully saturated rings. The van der Waals surface area contributed by atoms with Gasteiger partial charge in [-0.2, -0.15) is 0 Å². The molecule has 26 heavy (non-hydrogen) atoms. The highest BCUT2D eigenvalue weighted by molar-refractivity contribution is 6.01. The highest BCUT2D eigenvalue weighted by atomic mass is 16.2. The summed E-state index contributed by atoms with van der Waals surface area (Å²) in [5.74, 6) is 6.20. The molecule has 5 heteroatoms. The van der Waals surface area contributed by atoms with E-state index in [9.17, 15) is 4.79 Å². The number of nitrogens with two attached hydrogens (primary N) is 1. The number of rotatable bonds is 0. The minimum absolute atomic E-state index is 0.0158. The molecule has 0 saturated heterocycles. The second-order valence-corrected chi connectivity index (χ2v) is 8.44. The fraction of sp³-hybridized carbons (Fsp3) is 0.429. The monoisotopic (exact) mass is 346 g/mol. The van der Waals surface area contributed by atoms with Gasteiger partial charge < -0.3 is 16.0 Å². The van der Waals surface area contributed by atoms with Gasteiger partial charge in [0.25, 0.3) is 5.91 Å². The standard InChI is InChI=1S/C21H22N4O/c1-20(2,22)6-5-13-9-15-12(11-23-13)3-4-14-17-16(24-18(14)15)10-21(7-8-21)25-19(17)26/h9,11,24H,3-4,7-8,10,22H2,1-2H3,(H,25,26). The van der Waals surface area contributed by atoms with Crippen LogP contribution in [0.2, 0.25) is 0 Å². The van der Waals surface area contributed by atoms with Crippen LogP contribution in [0.1, 0.15) is 59.6 Å². The lowest BCUT2D eigenvalue weighted by atomic mass is 9.87. The fourth-order valence-corrected chi connectivity index (χ4v) is 4.09. The van der Waals surface area contributed by atoms with Crippen molar-refractivity contribution >= 4 is 5.91 Å². The van der Waals surface area contributed by atoms with Crippen LogP contribution in [0.15, 0.2) is 12.3 Å². The molecule has 1 spiro atoms. The Morgan fingerprint density at radius 3 is 2.85 bits per heavy atom. The Hall–Kier alpha value is -2.58. The molecule has 0 unspecified atom stereocenters. The molecular formula is C21H22N4O. The van der Waals surface area contributed by atoms with Crippen molar-refractivity contribution in [3.63, 3.8) is 0 Å². The molecule has 3 aliphatic rings. The number of aromatic amines is 1. The van der Waals surface area contributed by atoms with E-state index in [1.165, 1.54) is 5.56 Å². The Morgan fingerprint density at radius 2 is 2.12 bits per heavy atom. The van der Waals surface area contributed by atoms with Crippen LogP contribution in [0, 0.1) is 11.8 Å². The van der Waals surface area contributed by atoms with Crippen molar-refractivity contribution in [2.75, 3.05) is 0 Å². The van der Waals surface area contributed by atoms with E-state index < -0.39 is 5.54 Å². The van der Waals surface area contributed by atoms with Crippen LogP contribution in [-0.2, 0) is 19.3 Å². The number of amides is 1. The van der Waals surface area contributed by atoms with E-state index in [-0.39, 0.29) is 11.4 Å². The molecule has 4 N–H and O–H groups in total. The van der Waals surface area contributed by atoms with Gasteiger partial charge in [-0.1, -0.05) is 5.92 Å². The van der Waals surface area contributed by atoms with Gasteiger partial charge >= 0.3 is 0 Å². The number of H-pyrrole nitrogens is 1. The van der Waals surface area contributed by atoms with Crippen molar-refractivity contribution in [1.82, 2.24) is 15.3 Å². The van der Waals surface area contributed by atoms with E-state index in [4.69, 9.17) is 5.73 Å². The summed E-state index contributed by atoms with van der Waals surface area (Å²) >= 11 is 0. The first kappa shape index (κ1) is 15.7. The minimum atomic E-state index is -0.551. The van der Waals surface area contributed by atoms with E-state index in [2.05, 4.69) is 27.1 Å². The molecule has 0 radical (unpaired) electrons. The van der Waals surface area contributed by atoms with Gasteiger partial charge in [-0.25, -0.2) is 4.98 Å². The second kappa shape index (κ2) is 4.99. The van der Waals surface area contributed by atoms with Gasteiger partial charge in [0.05, 0.1) is 16.8 Å². The maximum Gasteiger partial charge on any atom is 0.253 e. The number of pyridine rings is 1. The van der Waals surface area contributed by atoms with Crippen molar-refractivity contribution in [3.05, 3.63) is 40.3 Å². The Balaban J connectivity index is 1.61. The first-order chi connectivity index (χ1) is 12.3. The van der Waals surface area contributed by atoms with Gasteiger partial charge in [0.15, 0.2) is 0 Å². The van der Waals surface area contributed by atoms with Gasteiger partial charge in [0.1, 0.15) is 5.69 Å². The van der Waals surface area contributed by atoms with Gasteiger partial charge in [0.2, 0.25) is 0 Å². The topological polar surface area (TPSA) is 83.8 Å². The van der Waals surface area contributed by atoms with Gasteiger partial charge in [-0.15, -0.1) is 0 Å². The van der Waals surface area contributed by atoms with Crippen LogP contribution in [0.5, 0.6) is 0 Å². The van der Waals surface area contributed by atoms with E-state index in [1.807, 2.05) is 26.1 Å². The summed E-state index contributed by atoms with van der Waals surface area (Å²) < 4.78 is 0. The zero-order chi connectivity index (χ0) is 18.1. The summed E-state index contributed by atoms with van der Waals surface area (Å²) in [6.45, 7) is 3.75. The summed E-state index contributed by atoms with van der Waals surface area (Å²) in [6, 6.07) is 2.03. The van der Waals surface area contributed by atoms with Crippen LogP contribution in [0.4, 0.5) is 0 Å². The number of carbonyl (C=O) groups is 1. The third kappa shape index (κ3) is 2.45. The van der Waals surface area contributed by atoms with E-state index in [0.717, 1.165) is 60.2 Å². The van der Waals surface area contributed by atoms with Crippen LogP contribution in [0.25, 0.3) is 11.3 Å². The molecule has 5 rings (SSSR count). The number of aryl methyl sites for hydroxylation is 1. The van der Waals surface area contributed by atoms with Gasteiger partial charge in [0, 0.05) is 29.4 Å². The summed E-state index contributed by atoms with van der Waals surface area (Å²) in [6.07, 6.45) is 6.75. The highest BCUT2D eigenvalue weighted by Crippen LogP contribution is 2.45. The number of hydrogen-bond donors (Lipinski definition) is 3. The molecular weight excluding hydrogens is 324 g/mol. The molecule has 1 amide bonds. The predicted octanol–water partition coefficient (Wildman–Crippen LogP) is 2.08.